The lowest BCUT2D eigenvalue weighted by atomic mass is 9.73. The number of fused-ring (bicyclic) bond motifs is 1. The third kappa shape index (κ3) is 9.79. The summed E-state index contributed by atoms with van der Waals surface area (Å²) in [6.45, 7) is 13.9. The molecule has 0 radical (unpaired) electrons. The van der Waals surface area contributed by atoms with Crippen LogP contribution in [0.4, 0.5) is 4.79 Å². The van der Waals surface area contributed by atoms with Gasteiger partial charge < -0.3 is 44.3 Å². The molecule has 54 heavy (non-hydrogen) atoms. The van der Waals surface area contributed by atoms with E-state index in [0.717, 1.165) is 12.0 Å². The zero-order chi connectivity index (χ0) is 40.1. The maximum atomic E-state index is 14.4. The highest BCUT2D eigenvalue weighted by molar-refractivity contribution is 7.80. The first kappa shape index (κ1) is 43.6. The molecule has 0 bridgehead atoms. The Morgan fingerprint density at radius 3 is 2.35 bits per heavy atom. The van der Waals surface area contributed by atoms with Crippen molar-refractivity contribution in [2.24, 2.45) is 23.7 Å². The number of Topliss-reactive ketones (excluding diaryl/α,β-unsaturated/α-hetero) is 2. The summed E-state index contributed by atoms with van der Waals surface area (Å²) in [5.41, 5.74) is -1.74. The molecule has 302 valence electrons. The number of aliphatic hydroxyl groups is 1. The van der Waals surface area contributed by atoms with E-state index in [0.29, 0.717) is 25.8 Å². The van der Waals surface area contributed by atoms with Gasteiger partial charge >= 0.3 is 12.1 Å². The van der Waals surface area contributed by atoms with Crippen LogP contribution in [0.25, 0.3) is 0 Å². The second-order valence-electron chi connectivity index (χ2n) is 16.1. The van der Waals surface area contributed by atoms with Crippen LogP contribution in [-0.2, 0) is 44.5 Å². The predicted octanol–water partition coefficient (Wildman–Crippen LogP) is 4.36. The summed E-state index contributed by atoms with van der Waals surface area (Å²) in [5.74, 6) is -5.30. The third-order valence-electron chi connectivity index (χ3n) is 11.5. The number of hydrogen-bond donors (Lipinski definition) is 3. The van der Waals surface area contributed by atoms with Crippen LogP contribution in [0.3, 0.4) is 0 Å². The first-order valence-electron chi connectivity index (χ1n) is 19.3. The van der Waals surface area contributed by atoms with E-state index in [1.165, 1.54) is 6.92 Å². The van der Waals surface area contributed by atoms with Crippen LogP contribution in [-0.4, -0.2) is 113 Å². The van der Waals surface area contributed by atoms with Crippen LogP contribution in [0.2, 0.25) is 0 Å². The molecule has 3 aliphatic heterocycles. The van der Waals surface area contributed by atoms with Gasteiger partial charge in [-0.3, -0.25) is 14.4 Å². The second-order valence-corrected chi connectivity index (χ2v) is 16.5. The molecule has 3 N–H and O–H groups in total. The summed E-state index contributed by atoms with van der Waals surface area (Å²) in [4.78, 5) is 58.2. The Bertz CT molecular complexity index is 1500. The monoisotopic (exact) mass is 775 g/mol. The minimum Gasteiger partial charge on any atom is -0.459 e. The number of amides is 1. The molecular formula is C40H61N3O10S. The fourth-order valence-corrected chi connectivity index (χ4v) is 8.77. The number of alkyl carbamates (subject to hydrolysis) is 1. The van der Waals surface area contributed by atoms with E-state index in [-0.39, 0.29) is 29.5 Å². The number of benzene rings is 1. The third-order valence-corrected chi connectivity index (χ3v) is 11.7. The van der Waals surface area contributed by atoms with E-state index in [1.54, 1.807) is 34.6 Å². The number of aliphatic hydroxyl groups excluding tert-OH is 1. The quantitative estimate of drug-likeness (QED) is 0.141. The molecule has 13 nitrogen and oxygen atoms in total. The van der Waals surface area contributed by atoms with Crippen molar-refractivity contribution in [1.29, 1.82) is 0 Å². The number of nitrogens with zero attached hydrogens (tertiary/aromatic N) is 1. The minimum absolute atomic E-state index is 0.0594. The molecule has 3 aliphatic rings. The smallest absolute Gasteiger partial charge is 0.407 e. The molecule has 14 heteroatoms. The van der Waals surface area contributed by atoms with E-state index in [2.05, 4.69) is 10.6 Å². The summed E-state index contributed by atoms with van der Waals surface area (Å²) in [6, 6.07) is 8.87. The number of ketones is 2. The Morgan fingerprint density at radius 1 is 1.06 bits per heavy atom. The summed E-state index contributed by atoms with van der Waals surface area (Å²) in [6.07, 6.45) is -3.40. The average Bonchev–Trinajstić information content (AvgIpc) is 3.44. The van der Waals surface area contributed by atoms with Crippen molar-refractivity contribution in [1.82, 2.24) is 15.5 Å². The van der Waals surface area contributed by atoms with Crippen molar-refractivity contribution in [3.8, 4) is 0 Å². The molecule has 3 saturated heterocycles. The van der Waals surface area contributed by atoms with Gasteiger partial charge in [-0.15, -0.1) is 0 Å². The van der Waals surface area contributed by atoms with Crippen LogP contribution in [0, 0.1) is 23.7 Å². The Kier molecular flexibility index (Phi) is 14.7. The molecular weight excluding hydrogens is 715 g/mol. The van der Waals surface area contributed by atoms with Crippen molar-refractivity contribution in [3.05, 3.63) is 35.9 Å². The van der Waals surface area contributed by atoms with Gasteiger partial charge in [0.15, 0.2) is 17.7 Å². The maximum Gasteiger partial charge on any atom is 0.407 e. The van der Waals surface area contributed by atoms with E-state index in [1.807, 2.05) is 63.2 Å². The van der Waals surface area contributed by atoms with Crippen LogP contribution in [0.1, 0.15) is 86.6 Å². The fourth-order valence-electron chi connectivity index (χ4n) is 8.46. The van der Waals surface area contributed by atoms with Crippen LogP contribution in [0.15, 0.2) is 30.3 Å². The van der Waals surface area contributed by atoms with Crippen LogP contribution >= 0.6 is 12.2 Å². The molecule has 3 heterocycles. The van der Waals surface area contributed by atoms with E-state index < -0.39 is 83.4 Å². The van der Waals surface area contributed by atoms with Gasteiger partial charge in [0.05, 0.1) is 12.1 Å². The molecule has 0 spiro atoms. The summed E-state index contributed by atoms with van der Waals surface area (Å²) in [7, 11) is 3.69. The molecule has 0 aromatic heterocycles. The summed E-state index contributed by atoms with van der Waals surface area (Å²) >= 11 is 5.40. The molecule has 0 unspecified atom stereocenters. The highest BCUT2D eigenvalue weighted by Crippen LogP contribution is 2.40. The fraction of sp³-hybridized carbons (Fsp3) is 0.725. The number of carbonyl (C=O) groups is 4. The van der Waals surface area contributed by atoms with Gasteiger partial charge in [0.2, 0.25) is 0 Å². The first-order valence-corrected chi connectivity index (χ1v) is 19.7. The van der Waals surface area contributed by atoms with Crippen molar-refractivity contribution in [3.63, 3.8) is 0 Å². The van der Waals surface area contributed by atoms with Gasteiger partial charge in [0.25, 0.3) is 5.17 Å². The van der Waals surface area contributed by atoms with Gasteiger partial charge in [0, 0.05) is 30.3 Å². The standard InChI is InChI=1S/C40H61N3O10S/c1-11-29-40(8)33(42-38(54)53-40)24(4)30(44)22(2)21-39(7,52-37(48)41-19-15-18-27-16-13-12-14-17-27)34(25(5)31(45)26(6)35(47)50-29)51-36-32(46)28(43(9)10)20-23(3)49-36/h12-14,16-17,22-26,28-29,32-34,36,46H,11,15,18-21H2,1-10H3,(H,41,48)(H,42,54)/t22-,23-,24+,25+,26-,28+,29-,32-,33-,34-,36+,39-,40-/m1/s1. The average molecular weight is 776 g/mol. The molecule has 1 aromatic carbocycles. The molecule has 0 saturated carbocycles. The van der Waals surface area contributed by atoms with Crippen molar-refractivity contribution < 1.29 is 48.0 Å². The molecule has 13 atom stereocenters. The number of likely N-dealkylation sites (N-methyl/N-ethyl adjacent to an activating group) is 1. The lowest BCUT2D eigenvalue weighted by Crippen LogP contribution is -2.60. The first-order chi connectivity index (χ1) is 25.3. The number of rotatable bonds is 9. The highest BCUT2D eigenvalue weighted by Gasteiger charge is 2.57. The maximum absolute atomic E-state index is 14.4. The zero-order valence-electron chi connectivity index (χ0n) is 33.5. The normalized spacial score (nSPS) is 38.1. The van der Waals surface area contributed by atoms with Gasteiger partial charge in [-0.05, 0) is 91.7 Å². The van der Waals surface area contributed by atoms with Crippen molar-refractivity contribution in [2.45, 2.75) is 141 Å². The van der Waals surface area contributed by atoms with E-state index in [4.69, 9.17) is 35.9 Å². The number of nitrogens with one attached hydrogen (secondary N) is 2. The molecule has 1 aromatic rings. The topological polar surface area (TPSA) is 162 Å². The number of thiocarbonyl (C=S) groups is 1. The minimum atomic E-state index is -1.65. The molecule has 4 rings (SSSR count). The Labute approximate surface area is 325 Å². The largest absolute Gasteiger partial charge is 0.459 e. The Hall–Kier alpha value is -3.17. The SMILES string of the molecule is CC[C@H]1OC(=O)[C@H](C)C(=O)[C@H](C)[C@@H](O[C@@H]2O[C@H](C)C[C@H](N(C)C)[C@H]2O)[C@](C)(OC(=O)NCCCc2ccccc2)C[C@@H](C)C(=O)[C@H](C)[C@H]2NC(=S)O[C@@]21C. The van der Waals surface area contributed by atoms with Gasteiger partial charge in [-0.1, -0.05) is 58.0 Å². The molecule has 1 amide bonds. The van der Waals surface area contributed by atoms with E-state index in [9.17, 15) is 24.3 Å². The zero-order valence-corrected chi connectivity index (χ0v) is 34.3. The van der Waals surface area contributed by atoms with Gasteiger partial charge in [-0.25, -0.2) is 4.79 Å². The number of aryl methyl sites for hydroxylation is 1. The van der Waals surface area contributed by atoms with Crippen molar-refractivity contribution >= 4 is 41.0 Å². The number of hydrogen-bond acceptors (Lipinski definition) is 12. The second kappa shape index (κ2) is 18.2. The predicted molar refractivity (Wildman–Crippen MR) is 205 cm³/mol. The summed E-state index contributed by atoms with van der Waals surface area (Å²) < 4.78 is 31.1. The lowest BCUT2D eigenvalue weighted by Gasteiger charge is -2.47. The number of ether oxygens (including phenoxy) is 5. The molecule has 0 aliphatic carbocycles. The van der Waals surface area contributed by atoms with Crippen LogP contribution in [0.5, 0.6) is 0 Å². The van der Waals surface area contributed by atoms with E-state index >= 15 is 0 Å². The highest BCUT2D eigenvalue weighted by atomic mass is 32.1. The van der Waals surface area contributed by atoms with Crippen LogP contribution < -0.4 is 10.6 Å². The number of cyclic esters (lactones) is 1. The number of carbonyl (C=O) groups excluding carboxylic acids is 4. The van der Waals surface area contributed by atoms with Crippen molar-refractivity contribution in [2.75, 3.05) is 20.6 Å². The van der Waals surface area contributed by atoms with Gasteiger partial charge in [0.1, 0.15) is 35.6 Å². The van der Waals surface area contributed by atoms with Gasteiger partial charge in [-0.2, -0.15) is 0 Å². The summed E-state index contributed by atoms with van der Waals surface area (Å²) in [5, 5.41) is 17.6. The lowest BCUT2D eigenvalue weighted by molar-refractivity contribution is -0.292. The Balaban J connectivity index is 1.75. The molecule has 3 fully saturated rings. The Morgan fingerprint density at radius 2 is 1.72 bits per heavy atom. The number of esters is 1.